The summed E-state index contributed by atoms with van der Waals surface area (Å²) < 4.78 is 16.4. The summed E-state index contributed by atoms with van der Waals surface area (Å²) in [5.41, 5.74) is 7.49. The van der Waals surface area contributed by atoms with Gasteiger partial charge in [0.15, 0.2) is 5.65 Å². The predicted molar refractivity (Wildman–Crippen MR) is 114 cm³/mol. The van der Waals surface area contributed by atoms with Crippen LogP contribution in [0.15, 0.2) is 39.8 Å². The second-order valence-electron chi connectivity index (χ2n) is 6.30. The highest BCUT2D eigenvalue weighted by Gasteiger charge is 2.19. The van der Waals surface area contributed by atoms with E-state index in [1.165, 1.54) is 28.9 Å². The van der Waals surface area contributed by atoms with Gasteiger partial charge in [-0.05, 0) is 22.9 Å². The van der Waals surface area contributed by atoms with Crippen molar-refractivity contribution in [2.45, 2.75) is 12.7 Å². The number of rotatable bonds is 9. The Balaban J connectivity index is 1.38. The van der Waals surface area contributed by atoms with Crippen LogP contribution in [-0.2, 0) is 20.8 Å². The average Bonchev–Trinajstić information content (AvgIpc) is 3.53. The quantitative estimate of drug-likeness (QED) is 0.361. The van der Waals surface area contributed by atoms with E-state index in [0.717, 1.165) is 0 Å². The summed E-state index contributed by atoms with van der Waals surface area (Å²) in [7, 11) is 0. The average molecular weight is 460 g/mol. The Kier molecular flexibility index (Phi) is 6.50. The molecule has 0 aromatic carbocycles. The smallest absolute Gasteiger partial charge is 0.339 e. The number of esters is 2. The van der Waals surface area contributed by atoms with Crippen LogP contribution in [0.5, 0.6) is 0 Å². The number of imidazole rings is 1. The number of thiophene rings is 2. The lowest BCUT2D eigenvalue weighted by molar-refractivity contribution is -0.0478. The van der Waals surface area contributed by atoms with Gasteiger partial charge in [-0.15, -0.1) is 0 Å². The fraction of sp³-hybridized carbons (Fsp3) is 0.211. The number of ether oxygens (including phenoxy) is 3. The van der Waals surface area contributed by atoms with Crippen molar-refractivity contribution in [2.75, 3.05) is 18.9 Å². The lowest BCUT2D eigenvalue weighted by Crippen LogP contribution is -2.28. The Morgan fingerprint density at radius 3 is 2.26 bits per heavy atom. The van der Waals surface area contributed by atoms with E-state index >= 15 is 0 Å². The molecule has 0 fully saturated rings. The van der Waals surface area contributed by atoms with Gasteiger partial charge >= 0.3 is 11.9 Å². The number of fused-ring (bicyclic) bond motifs is 1. The first kappa shape index (κ1) is 20.9. The lowest BCUT2D eigenvalue weighted by Gasteiger charge is -2.17. The number of nitrogens with zero attached hydrogens (tertiary/aromatic N) is 3. The van der Waals surface area contributed by atoms with Crippen LogP contribution < -0.4 is 5.73 Å². The Morgan fingerprint density at radius 2 is 1.68 bits per heavy atom. The minimum absolute atomic E-state index is 0.0485. The number of nitrogens with one attached hydrogen (secondary N) is 1. The van der Waals surface area contributed by atoms with E-state index in [1.54, 1.807) is 33.7 Å². The van der Waals surface area contributed by atoms with Crippen molar-refractivity contribution in [3.05, 3.63) is 56.8 Å². The van der Waals surface area contributed by atoms with Gasteiger partial charge < -0.3 is 24.9 Å². The van der Waals surface area contributed by atoms with Gasteiger partial charge in [-0.1, -0.05) is 0 Å². The zero-order valence-electron chi connectivity index (χ0n) is 16.0. The normalized spacial score (nSPS) is 11.1. The van der Waals surface area contributed by atoms with Gasteiger partial charge in [-0.25, -0.2) is 19.6 Å². The predicted octanol–water partition coefficient (Wildman–Crippen LogP) is 2.66. The highest BCUT2D eigenvalue weighted by atomic mass is 32.1. The Morgan fingerprint density at radius 1 is 1.03 bits per heavy atom. The summed E-state index contributed by atoms with van der Waals surface area (Å²) >= 11 is 2.79. The van der Waals surface area contributed by atoms with E-state index in [9.17, 15) is 9.59 Å². The summed E-state index contributed by atoms with van der Waals surface area (Å²) in [5.74, 6) is -0.361. The van der Waals surface area contributed by atoms with E-state index in [4.69, 9.17) is 19.9 Å². The largest absolute Gasteiger partial charge is 0.459 e. The Labute approximate surface area is 184 Å². The molecule has 4 heterocycles. The van der Waals surface area contributed by atoms with Crippen LogP contribution in [0.1, 0.15) is 26.5 Å². The molecule has 160 valence electrons. The van der Waals surface area contributed by atoms with Crippen molar-refractivity contribution in [1.82, 2.24) is 19.9 Å². The topological polar surface area (TPSA) is 142 Å². The van der Waals surface area contributed by atoms with Crippen molar-refractivity contribution in [3.63, 3.8) is 0 Å². The molecular formula is C19H17N5O5S2. The number of carbonyl (C=O) groups excluding carboxylic acids is 2. The lowest BCUT2D eigenvalue weighted by atomic mass is 10.3. The highest BCUT2D eigenvalue weighted by Crippen LogP contribution is 2.13. The molecule has 0 saturated carbocycles. The Bertz CT molecular complexity index is 1110. The van der Waals surface area contributed by atoms with Gasteiger partial charge in [-0.3, -0.25) is 0 Å². The summed E-state index contributed by atoms with van der Waals surface area (Å²) in [6.45, 7) is -0.149. The second-order valence-corrected chi connectivity index (χ2v) is 7.86. The van der Waals surface area contributed by atoms with Crippen molar-refractivity contribution in [1.29, 1.82) is 0 Å². The fourth-order valence-electron chi connectivity index (χ4n) is 2.55. The molecule has 0 aliphatic rings. The molecule has 0 radical (unpaired) electrons. The molecule has 4 rings (SSSR count). The van der Waals surface area contributed by atoms with Gasteiger partial charge in [0, 0.05) is 10.8 Å². The van der Waals surface area contributed by atoms with Crippen molar-refractivity contribution in [2.24, 2.45) is 0 Å². The van der Waals surface area contributed by atoms with Crippen LogP contribution in [0.4, 0.5) is 5.95 Å². The number of carbonyl (C=O) groups is 2. The third kappa shape index (κ3) is 5.42. The molecule has 3 N–H and O–H groups in total. The standard InChI is InChI=1S/C19H17N5O5S2/c20-19-21-5-14-16(24-19)23-15(22-14)8-27-13(6-28-17(25)11-1-3-30-9-11)7-29-18(26)12-2-4-31-10-12/h1-5,9-10,13H,6-8H2,(H3,20,21,22,23,24). The molecule has 0 aliphatic carbocycles. The molecular weight excluding hydrogens is 442 g/mol. The zero-order chi connectivity index (χ0) is 21.6. The van der Waals surface area contributed by atoms with Gasteiger partial charge in [0.05, 0.1) is 17.3 Å². The van der Waals surface area contributed by atoms with Crippen molar-refractivity contribution >= 4 is 51.7 Å². The third-order valence-corrected chi connectivity index (χ3v) is 5.44. The Hall–Kier alpha value is -3.35. The van der Waals surface area contributed by atoms with Crippen LogP contribution in [0.25, 0.3) is 11.2 Å². The van der Waals surface area contributed by atoms with E-state index in [0.29, 0.717) is 28.1 Å². The number of hydrogen-bond acceptors (Lipinski definition) is 11. The van der Waals surface area contributed by atoms with Crippen LogP contribution in [-0.4, -0.2) is 51.2 Å². The van der Waals surface area contributed by atoms with E-state index in [2.05, 4.69) is 19.9 Å². The number of nitrogen functional groups attached to an aromatic ring is 1. The highest BCUT2D eigenvalue weighted by molar-refractivity contribution is 7.08. The van der Waals surface area contributed by atoms with Crippen LogP contribution in [0.3, 0.4) is 0 Å². The number of aromatic nitrogens is 4. The van der Waals surface area contributed by atoms with Gasteiger partial charge in [-0.2, -0.15) is 27.7 Å². The number of anilines is 1. The zero-order valence-corrected chi connectivity index (χ0v) is 17.6. The maximum Gasteiger partial charge on any atom is 0.339 e. The number of nitrogens with two attached hydrogens (primary N) is 1. The molecule has 10 nitrogen and oxygen atoms in total. The first-order valence-electron chi connectivity index (χ1n) is 9.06. The molecule has 12 heteroatoms. The molecule has 0 saturated heterocycles. The maximum absolute atomic E-state index is 12.1. The third-order valence-electron chi connectivity index (χ3n) is 4.08. The molecule has 0 amide bonds. The van der Waals surface area contributed by atoms with Gasteiger partial charge in [0.1, 0.15) is 37.3 Å². The van der Waals surface area contributed by atoms with Gasteiger partial charge in [0.25, 0.3) is 0 Å². The molecule has 0 aliphatic heterocycles. The van der Waals surface area contributed by atoms with Crippen LogP contribution in [0, 0.1) is 0 Å². The second kappa shape index (κ2) is 9.64. The fourth-order valence-corrected chi connectivity index (χ4v) is 3.80. The van der Waals surface area contributed by atoms with Crippen LogP contribution in [0.2, 0.25) is 0 Å². The van der Waals surface area contributed by atoms with Crippen molar-refractivity contribution in [3.8, 4) is 0 Å². The number of H-pyrrole nitrogens is 1. The molecule has 0 spiro atoms. The summed E-state index contributed by atoms with van der Waals surface area (Å²) in [5, 5.41) is 6.95. The molecule has 31 heavy (non-hydrogen) atoms. The monoisotopic (exact) mass is 459 g/mol. The summed E-state index contributed by atoms with van der Waals surface area (Å²) in [6, 6.07) is 3.33. The van der Waals surface area contributed by atoms with E-state index in [-0.39, 0.29) is 25.8 Å². The molecule has 4 aromatic rings. The summed E-state index contributed by atoms with van der Waals surface area (Å²) in [6.07, 6.45) is 0.825. The molecule has 0 atom stereocenters. The SMILES string of the molecule is Nc1ncc2[nH]c(COC(COC(=O)c3ccsc3)COC(=O)c3ccsc3)nc2n1. The molecule has 4 aromatic heterocycles. The molecule has 0 unspecified atom stereocenters. The minimum Gasteiger partial charge on any atom is -0.459 e. The van der Waals surface area contributed by atoms with Crippen molar-refractivity contribution < 1.29 is 23.8 Å². The maximum atomic E-state index is 12.1. The number of hydrogen-bond donors (Lipinski definition) is 2. The molecule has 0 bridgehead atoms. The van der Waals surface area contributed by atoms with Gasteiger partial charge in [0.2, 0.25) is 5.95 Å². The van der Waals surface area contributed by atoms with Crippen LogP contribution >= 0.6 is 22.7 Å². The summed E-state index contributed by atoms with van der Waals surface area (Å²) in [4.78, 5) is 39.5. The minimum atomic E-state index is -0.700. The van der Waals surface area contributed by atoms with E-state index in [1.807, 2.05) is 0 Å². The van der Waals surface area contributed by atoms with E-state index < -0.39 is 18.0 Å². The number of aromatic amines is 1. The first-order valence-corrected chi connectivity index (χ1v) is 10.9. The first-order chi connectivity index (χ1) is 15.1.